The summed E-state index contributed by atoms with van der Waals surface area (Å²) in [6.07, 6.45) is 1.14. The van der Waals surface area contributed by atoms with Crippen LogP contribution in [-0.2, 0) is 0 Å². The average Bonchev–Trinajstić information content (AvgIpc) is 2.65. The highest BCUT2D eigenvalue weighted by molar-refractivity contribution is 5.40. The molecule has 1 heterocycles. The van der Waals surface area contributed by atoms with Crippen molar-refractivity contribution >= 4 is 0 Å². The lowest BCUT2D eigenvalue weighted by atomic mass is 9.92. The summed E-state index contributed by atoms with van der Waals surface area (Å²) in [4.78, 5) is 0. The van der Waals surface area contributed by atoms with Gasteiger partial charge >= 0.3 is 0 Å². The second kappa shape index (κ2) is 4.01. The molecule has 1 aromatic carbocycles. The largest absolute Gasteiger partial charge is 0.493 e. The number of ether oxygens (including phenoxy) is 1. The van der Waals surface area contributed by atoms with Crippen LogP contribution >= 0.6 is 0 Å². The van der Waals surface area contributed by atoms with Gasteiger partial charge in [-0.3, -0.25) is 0 Å². The van der Waals surface area contributed by atoms with Gasteiger partial charge in [-0.05, 0) is 19.5 Å². The molecular formula is C12H17NO. The summed E-state index contributed by atoms with van der Waals surface area (Å²) in [6, 6.07) is 8.87. The Balaban J connectivity index is 2.25. The first-order chi connectivity index (χ1) is 6.86. The zero-order chi connectivity index (χ0) is 9.97. The van der Waals surface area contributed by atoms with Crippen LogP contribution in [0, 0.1) is 0 Å². The lowest BCUT2D eigenvalue weighted by Crippen LogP contribution is -2.32. The molecule has 0 aromatic heterocycles. The minimum atomic E-state index is 0.515. The molecule has 2 rings (SSSR count). The van der Waals surface area contributed by atoms with E-state index in [1.807, 2.05) is 13.1 Å². The van der Waals surface area contributed by atoms with E-state index in [0.29, 0.717) is 12.0 Å². The number of nitrogens with one attached hydrogen (secondary N) is 1. The van der Waals surface area contributed by atoms with Gasteiger partial charge in [-0.15, -0.1) is 0 Å². The van der Waals surface area contributed by atoms with E-state index >= 15 is 0 Å². The van der Waals surface area contributed by atoms with Crippen LogP contribution < -0.4 is 10.1 Å². The van der Waals surface area contributed by atoms with E-state index in [2.05, 4.69) is 30.4 Å². The van der Waals surface area contributed by atoms with E-state index in [9.17, 15) is 0 Å². The summed E-state index contributed by atoms with van der Waals surface area (Å²) >= 11 is 0. The first-order valence-corrected chi connectivity index (χ1v) is 5.25. The Labute approximate surface area is 85.3 Å². The van der Waals surface area contributed by atoms with E-state index in [4.69, 9.17) is 4.74 Å². The number of para-hydroxylation sites is 1. The number of hydrogen-bond donors (Lipinski definition) is 1. The molecule has 0 bridgehead atoms. The molecule has 1 aliphatic rings. The maximum atomic E-state index is 5.66. The van der Waals surface area contributed by atoms with E-state index in [-0.39, 0.29) is 0 Å². The predicted octanol–water partition coefficient (Wildman–Crippen LogP) is 2.16. The first kappa shape index (κ1) is 9.53. The van der Waals surface area contributed by atoms with Crippen LogP contribution in [0.15, 0.2) is 24.3 Å². The number of fused-ring (bicyclic) bond motifs is 1. The fourth-order valence-corrected chi connectivity index (χ4v) is 2.21. The van der Waals surface area contributed by atoms with Gasteiger partial charge in [0.15, 0.2) is 0 Å². The van der Waals surface area contributed by atoms with Gasteiger partial charge in [-0.25, -0.2) is 0 Å². The van der Waals surface area contributed by atoms with Gasteiger partial charge in [0.2, 0.25) is 0 Å². The Morgan fingerprint density at radius 3 is 3.00 bits per heavy atom. The molecule has 1 aliphatic heterocycles. The van der Waals surface area contributed by atoms with E-state index < -0.39 is 0 Å². The lowest BCUT2D eigenvalue weighted by Gasteiger charge is -2.20. The zero-order valence-corrected chi connectivity index (χ0v) is 8.79. The molecule has 2 nitrogen and oxygen atoms in total. The van der Waals surface area contributed by atoms with Crippen molar-refractivity contribution in [3.05, 3.63) is 29.8 Å². The Bertz CT molecular complexity index is 307. The monoisotopic (exact) mass is 191 g/mol. The second-order valence-corrected chi connectivity index (χ2v) is 3.76. The fraction of sp³-hybridized carbons (Fsp3) is 0.500. The summed E-state index contributed by atoms with van der Waals surface area (Å²) in [5.74, 6) is 1.58. The van der Waals surface area contributed by atoms with Gasteiger partial charge in [0.05, 0.1) is 6.61 Å². The molecular weight excluding hydrogens is 174 g/mol. The normalized spacial score (nSPS) is 21.4. The van der Waals surface area contributed by atoms with Crippen molar-refractivity contribution < 1.29 is 4.74 Å². The van der Waals surface area contributed by atoms with Crippen LogP contribution in [0.2, 0.25) is 0 Å². The van der Waals surface area contributed by atoms with Crippen LogP contribution in [-0.4, -0.2) is 19.7 Å². The molecule has 2 atom stereocenters. The highest BCUT2D eigenvalue weighted by atomic mass is 16.5. The number of benzene rings is 1. The molecule has 0 amide bonds. The van der Waals surface area contributed by atoms with E-state index in [1.165, 1.54) is 5.56 Å². The van der Waals surface area contributed by atoms with Crippen molar-refractivity contribution in [2.75, 3.05) is 13.7 Å². The number of hydrogen-bond acceptors (Lipinski definition) is 2. The molecule has 0 aliphatic carbocycles. The van der Waals surface area contributed by atoms with Crippen LogP contribution in [0.4, 0.5) is 0 Å². The van der Waals surface area contributed by atoms with Gasteiger partial charge in [0, 0.05) is 17.5 Å². The molecule has 2 unspecified atom stereocenters. The van der Waals surface area contributed by atoms with Gasteiger partial charge in [-0.2, -0.15) is 0 Å². The fourth-order valence-electron chi connectivity index (χ4n) is 2.21. The summed E-state index contributed by atoms with van der Waals surface area (Å²) in [6.45, 7) is 3.03. The molecule has 1 aromatic rings. The SMILES string of the molecule is CCC(NC)C1COc2ccccc21. The Morgan fingerprint density at radius 2 is 2.29 bits per heavy atom. The molecule has 0 saturated heterocycles. The standard InChI is InChI=1S/C12H17NO/c1-3-11(13-2)10-8-14-12-7-5-4-6-9(10)12/h4-7,10-11,13H,3,8H2,1-2H3. The van der Waals surface area contributed by atoms with Crippen molar-refractivity contribution in [2.24, 2.45) is 0 Å². The summed E-state index contributed by atoms with van der Waals surface area (Å²) < 4.78 is 5.66. The summed E-state index contributed by atoms with van der Waals surface area (Å²) in [7, 11) is 2.02. The highest BCUT2D eigenvalue weighted by Gasteiger charge is 2.28. The Hall–Kier alpha value is -1.02. The van der Waals surface area contributed by atoms with Crippen LogP contribution in [0.3, 0.4) is 0 Å². The molecule has 0 saturated carbocycles. The zero-order valence-electron chi connectivity index (χ0n) is 8.79. The Morgan fingerprint density at radius 1 is 1.50 bits per heavy atom. The van der Waals surface area contributed by atoms with Gasteiger partial charge in [-0.1, -0.05) is 25.1 Å². The molecule has 14 heavy (non-hydrogen) atoms. The van der Waals surface area contributed by atoms with Crippen molar-refractivity contribution in [3.8, 4) is 5.75 Å². The number of rotatable bonds is 3. The topological polar surface area (TPSA) is 21.3 Å². The molecule has 0 fully saturated rings. The maximum Gasteiger partial charge on any atom is 0.122 e. The van der Waals surface area contributed by atoms with Crippen LogP contribution in [0.1, 0.15) is 24.8 Å². The minimum Gasteiger partial charge on any atom is -0.493 e. The third-order valence-corrected chi connectivity index (χ3v) is 3.03. The lowest BCUT2D eigenvalue weighted by molar-refractivity contribution is 0.300. The van der Waals surface area contributed by atoms with Crippen molar-refractivity contribution in [1.82, 2.24) is 5.32 Å². The van der Waals surface area contributed by atoms with E-state index in [0.717, 1.165) is 18.8 Å². The molecule has 76 valence electrons. The van der Waals surface area contributed by atoms with Gasteiger partial charge in [0.1, 0.15) is 5.75 Å². The third-order valence-electron chi connectivity index (χ3n) is 3.03. The van der Waals surface area contributed by atoms with Crippen LogP contribution in [0.25, 0.3) is 0 Å². The Kier molecular flexibility index (Phi) is 2.73. The molecule has 0 radical (unpaired) electrons. The minimum absolute atomic E-state index is 0.515. The van der Waals surface area contributed by atoms with E-state index in [1.54, 1.807) is 0 Å². The average molecular weight is 191 g/mol. The van der Waals surface area contributed by atoms with Crippen molar-refractivity contribution in [3.63, 3.8) is 0 Å². The molecule has 2 heteroatoms. The van der Waals surface area contributed by atoms with Crippen LogP contribution in [0.5, 0.6) is 5.75 Å². The van der Waals surface area contributed by atoms with Crippen molar-refractivity contribution in [2.45, 2.75) is 25.3 Å². The highest BCUT2D eigenvalue weighted by Crippen LogP contribution is 2.36. The molecule has 1 N–H and O–H groups in total. The van der Waals surface area contributed by atoms with Crippen molar-refractivity contribution in [1.29, 1.82) is 0 Å². The quantitative estimate of drug-likeness (QED) is 0.790. The summed E-state index contributed by atoms with van der Waals surface area (Å²) in [5.41, 5.74) is 1.36. The maximum absolute atomic E-state index is 5.66. The first-order valence-electron chi connectivity index (χ1n) is 5.25. The van der Waals surface area contributed by atoms with Gasteiger partial charge in [0.25, 0.3) is 0 Å². The second-order valence-electron chi connectivity index (χ2n) is 3.76. The number of likely N-dealkylation sites (N-methyl/N-ethyl adjacent to an activating group) is 1. The predicted molar refractivity (Wildman–Crippen MR) is 57.8 cm³/mol. The smallest absolute Gasteiger partial charge is 0.122 e. The van der Waals surface area contributed by atoms with Gasteiger partial charge < -0.3 is 10.1 Å². The molecule has 0 spiro atoms. The summed E-state index contributed by atoms with van der Waals surface area (Å²) in [5, 5.41) is 3.35. The third kappa shape index (κ3) is 1.50.